The van der Waals surface area contributed by atoms with Crippen molar-refractivity contribution < 1.29 is 9.53 Å². The fraction of sp³-hybridized carbons (Fsp3) is 0.533. The van der Waals surface area contributed by atoms with Crippen LogP contribution in [0.15, 0.2) is 18.2 Å². The minimum atomic E-state index is -0.415. The van der Waals surface area contributed by atoms with Gasteiger partial charge in [-0.25, -0.2) is 0 Å². The maximum Gasteiger partial charge on any atom is 0.265 e. The molecule has 0 bridgehead atoms. The Labute approximate surface area is 113 Å². The Kier molecular flexibility index (Phi) is 3.09. The molecule has 1 aromatic carbocycles. The minimum absolute atomic E-state index is 0.0841. The molecule has 102 valence electrons. The monoisotopic (exact) mass is 260 g/mol. The van der Waals surface area contributed by atoms with Gasteiger partial charge >= 0.3 is 0 Å². The maximum atomic E-state index is 11.6. The molecule has 1 amide bonds. The molecule has 1 aromatic rings. The van der Waals surface area contributed by atoms with Crippen molar-refractivity contribution in [2.45, 2.75) is 45.3 Å². The molecule has 3 unspecified atom stereocenters. The molecule has 1 aliphatic heterocycles. The van der Waals surface area contributed by atoms with Crippen LogP contribution < -0.4 is 15.4 Å². The van der Waals surface area contributed by atoms with Crippen molar-refractivity contribution in [2.75, 3.05) is 10.6 Å². The number of hydrogen-bond donors (Lipinski definition) is 2. The summed E-state index contributed by atoms with van der Waals surface area (Å²) in [6.07, 6.45) is 3.32. The number of amides is 1. The number of carbonyl (C=O) groups is 1. The van der Waals surface area contributed by atoms with Crippen LogP contribution in [0.1, 0.15) is 33.1 Å². The van der Waals surface area contributed by atoms with Gasteiger partial charge in [0.1, 0.15) is 5.75 Å². The molecule has 0 radical (unpaired) electrons. The molecule has 2 N–H and O–H groups in total. The quantitative estimate of drug-likeness (QED) is 0.859. The normalized spacial score (nSPS) is 29.4. The van der Waals surface area contributed by atoms with E-state index >= 15 is 0 Å². The Morgan fingerprint density at radius 1 is 1.32 bits per heavy atom. The lowest BCUT2D eigenvalue weighted by molar-refractivity contribution is -0.122. The molecular weight excluding hydrogens is 240 g/mol. The highest BCUT2D eigenvalue weighted by Crippen LogP contribution is 2.34. The second-order valence-corrected chi connectivity index (χ2v) is 5.72. The third-order valence-electron chi connectivity index (χ3n) is 3.98. The van der Waals surface area contributed by atoms with Gasteiger partial charge in [-0.1, -0.05) is 6.92 Å². The molecule has 0 spiro atoms. The van der Waals surface area contributed by atoms with Crippen LogP contribution in [0, 0.1) is 5.92 Å². The summed E-state index contributed by atoms with van der Waals surface area (Å²) < 4.78 is 5.55. The van der Waals surface area contributed by atoms with E-state index in [1.165, 1.54) is 19.3 Å². The molecule has 0 saturated heterocycles. The SMILES string of the molecule is CC1CCC(Nc2ccc3c(c2)NC(=O)C(C)O3)C1. The predicted molar refractivity (Wildman–Crippen MR) is 75.6 cm³/mol. The highest BCUT2D eigenvalue weighted by molar-refractivity contribution is 5.98. The van der Waals surface area contributed by atoms with Crippen LogP contribution in [0.5, 0.6) is 5.75 Å². The summed E-state index contributed by atoms with van der Waals surface area (Å²) in [5, 5.41) is 6.42. The molecule has 0 aromatic heterocycles. The lowest BCUT2D eigenvalue weighted by Crippen LogP contribution is -2.34. The van der Waals surface area contributed by atoms with Crippen molar-refractivity contribution in [3.8, 4) is 5.75 Å². The first-order valence-corrected chi connectivity index (χ1v) is 7.00. The van der Waals surface area contributed by atoms with Gasteiger partial charge in [0, 0.05) is 11.7 Å². The zero-order chi connectivity index (χ0) is 13.4. The number of rotatable bonds is 2. The Morgan fingerprint density at radius 3 is 2.89 bits per heavy atom. The fourth-order valence-corrected chi connectivity index (χ4v) is 2.87. The zero-order valence-electron chi connectivity index (χ0n) is 11.4. The summed E-state index contributed by atoms with van der Waals surface area (Å²) in [5.74, 6) is 1.47. The van der Waals surface area contributed by atoms with E-state index < -0.39 is 6.10 Å². The number of nitrogens with one attached hydrogen (secondary N) is 2. The average molecular weight is 260 g/mol. The number of hydrogen-bond acceptors (Lipinski definition) is 3. The van der Waals surface area contributed by atoms with Crippen LogP contribution in [-0.4, -0.2) is 18.1 Å². The van der Waals surface area contributed by atoms with Gasteiger partial charge < -0.3 is 15.4 Å². The second kappa shape index (κ2) is 4.76. The molecule has 4 heteroatoms. The molecule has 3 atom stereocenters. The maximum absolute atomic E-state index is 11.6. The smallest absolute Gasteiger partial charge is 0.265 e. The Bertz CT molecular complexity index is 501. The topological polar surface area (TPSA) is 50.4 Å². The van der Waals surface area contributed by atoms with Gasteiger partial charge in [0.05, 0.1) is 5.69 Å². The van der Waals surface area contributed by atoms with Gasteiger partial charge in [-0.2, -0.15) is 0 Å². The van der Waals surface area contributed by atoms with E-state index in [-0.39, 0.29) is 5.91 Å². The van der Waals surface area contributed by atoms with Gasteiger partial charge in [0.25, 0.3) is 5.91 Å². The fourth-order valence-electron chi connectivity index (χ4n) is 2.87. The Hall–Kier alpha value is -1.71. The molecule has 19 heavy (non-hydrogen) atoms. The van der Waals surface area contributed by atoms with Crippen LogP contribution in [0.2, 0.25) is 0 Å². The van der Waals surface area contributed by atoms with E-state index in [9.17, 15) is 4.79 Å². The highest BCUT2D eigenvalue weighted by Gasteiger charge is 2.25. The second-order valence-electron chi connectivity index (χ2n) is 5.72. The summed E-state index contributed by atoms with van der Waals surface area (Å²) in [5.41, 5.74) is 1.82. The van der Waals surface area contributed by atoms with Crippen LogP contribution in [0.25, 0.3) is 0 Å². The van der Waals surface area contributed by atoms with Crippen LogP contribution in [-0.2, 0) is 4.79 Å². The molecule has 3 rings (SSSR count). The van der Waals surface area contributed by atoms with E-state index in [1.807, 2.05) is 18.2 Å². The van der Waals surface area contributed by atoms with Crippen LogP contribution in [0.4, 0.5) is 11.4 Å². The lowest BCUT2D eigenvalue weighted by atomic mass is 10.1. The summed E-state index contributed by atoms with van der Waals surface area (Å²) in [7, 11) is 0. The van der Waals surface area contributed by atoms with E-state index in [0.717, 1.165) is 23.0 Å². The van der Waals surface area contributed by atoms with E-state index in [4.69, 9.17) is 4.74 Å². The van der Waals surface area contributed by atoms with Gasteiger partial charge in [-0.15, -0.1) is 0 Å². The zero-order valence-corrected chi connectivity index (χ0v) is 11.4. The largest absolute Gasteiger partial charge is 0.479 e. The van der Waals surface area contributed by atoms with Crippen LogP contribution in [0.3, 0.4) is 0 Å². The first-order chi connectivity index (χ1) is 9.11. The number of fused-ring (bicyclic) bond motifs is 1. The molecule has 4 nitrogen and oxygen atoms in total. The summed E-state index contributed by atoms with van der Waals surface area (Å²) >= 11 is 0. The Morgan fingerprint density at radius 2 is 2.16 bits per heavy atom. The first-order valence-electron chi connectivity index (χ1n) is 7.00. The third kappa shape index (κ3) is 2.53. The van der Waals surface area contributed by atoms with Gasteiger partial charge in [0.15, 0.2) is 6.10 Å². The van der Waals surface area contributed by atoms with E-state index in [0.29, 0.717) is 6.04 Å². The van der Waals surface area contributed by atoms with Crippen molar-refractivity contribution >= 4 is 17.3 Å². The molecule has 1 heterocycles. The number of ether oxygens (including phenoxy) is 1. The molecule has 1 saturated carbocycles. The van der Waals surface area contributed by atoms with Crippen molar-refractivity contribution in [1.82, 2.24) is 0 Å². The Balaban J connectivity index is 1.74. The number of anilines is 2. The van der Waals surface area contributed by atoms with Crippen molar-refractivity contribution in [1.29, 1.82) is 0 Å². The van der Waals surface area contributed by atoms with Crippen LogP contribution >= 0.6 is 0 Å². The van der Waals surface area contributed by atoms with Crippen molar-refractivity contribution in [2.24, 2.45) is 5.92 Å². The molecular formula is C15H20N2O2. The van der Waals surface area contributed by atoms with Crippen molar-refractivity contribution in [3.63, 3.8) is 0 Å². The van der Waals surface area contributed by atoms with Gasteiger partial charge in [0.2, 0.25) is 0 Å². The van der Waals surface area contributed by atoms with E-state index in [1.54, 1.807) is 6.92 Å². The summed E-state index contributed by atoms with van der Waals surface area (Å²) in [4.78, 5) is 11.6. The standard InChI is InChI=1S/C15H20N2O2/c1-9-3-4-11(7-9)16-12-5-6-14-13(8-12)17-15(18)10(2)19-14/h5-6,8-11,16H,3-4,7H2,1-2H3,(H,17,18). The number of benzene rings is 1. The summed E-state index contributed by atoms with van der Waals surface area (Å²) in [6, 6.07) is 6.45. The minimum Gasteiger partial charge on any atom is -0.479 e. The predicted octanol–water partition coefficient (Wildman–Crippen LogP) is 3.01. The third-order valence-corrected chi connectivity index (χ3v) is 3.98. The van der Waals surface area contributed by atoms with Gasteiger partial charge in [-0.3, -0.25) is 4.79 Å². The molecule has 1 aliphatic carbocycles. The first kappa shape index (κ1) is 12.3. The highest BCUT2D eigenvalue weighted by atomic mass is 16.5. The van der Waals surface area contributed by atoms with E-state index in [2.05, 4.69) is 17.6 Å². The number of carbonyl (C=O) groups excluding carboxylic acids is 1. The molecule has 2 aliphatic rings. The molecule has 1 fully saturated rings. The van der Waals surface area contributed by atoms with Crippen molar-refractivity contribution in [3.05, 3.63) is 18.2 Å². The summed E-state index contributed by atoms with van der Waals surface area (Å²) in [6.45, 7) is 4.05. The van der Waals surface area contributed by atoms with Gasteiger partial charge in [-0.05, 0) is 50.3 Å². The lowest BCUT2D eigenvalue weighted by Gasteiger charge is -2.24. The average Bonchev–Trinajstić information content (AvgIpc) is 2.77.